The molecule has 0 fully saturated rings. The molecule has 0 aromatic carbocycles. The Hall–Kier alpha value is -2.50. The predicted molar refractivity (Wildman–Crippen MR) is 63.2 cm³/mol. The largest absolute Gasteiger partial charge is 0.369 e. The molecule has 0 saturated heterocycles. The number of rotatable bonds is 1. The van der Waals surface area contributed by atoms with Crippen molar-refractivity contribution >= 4 is 11.6 Å². The molecule has 0 aliphatic rings. The van der Waals surface area contributed by atoms with Crippen LogP contribution in [0.3, 0.4) is 0 Å². The number of nitrogen functional groups attached to an aromatic ring is 1. The fraction of sp³-hybridized carbons (Fsp3) is 0.0909. The van der Waals surface area contributed by atoms with Crippen molar-refractivity contribution in [2.45, 2.75) is 6.92 Å². The van der Waals surface area contributed by atoms with Gasteiger partial charge in [-0.3, -0.25) is 9.38 Å². The van der Waals surface area contributed by atoms with Crippen LogP contribution in [0.5, 0.6) is 0 Å². The molecule has 0 spiro atoms. The van der Waals surface area contributed by atoms with Crippen LogP contribution in [0.4, 0.5) is 5.95 Å². The van der Waals surface area contributed by atoms with Crippen molar-refractivity contribution in [1.29, 1.82) is 0 Å². The number of aromatic nitrogens is 5. The molecule has 0 amide bonds. The van der Waals surface area contributed by atoms with Gasteiger partial charge in [-0.1, -0.05) is 0 Å². The topological polar surface area (TPSA) is 82.0 Å². The number of hydrogen-bond acceptors (Lipinski definition) is 5. The average Bonchev–Trinajstić information content (AvgIpc) is 2.79. The van der Waals surface area contributed by atoms with E-state index >= 15 is 0 Å². The van der Waals surface area contributed by atoms with E-state index in [4.69, 9.17) is 5.73 Å². The third-order valence-electron chi connectivity index (χ3n) is 2.57. The Balaban J connectivity index is 2.31. The van der Waals surface area contributed by atoms with Crippen molar-refractivity contribution in [3.05, 3.63) is 36.5 Å². The third kappa shape index (κ3) is 1.50. The van der Waals surface area contributed by atoms with Gasteiger partial charge in [0.2, 0.25) is 5.95 Å². The first-order chi connectivity index (χ1) is 8.25. The highest BCUT2D eigenvalue weighted by molar-refractivity contribution is 5.77. The molecule has 17 heavy (non-hydrogen) atoms. The number of hydrogen-bond donors (Lipinski definition) is 1. The minimum atomic E-state index is 0.375. The summed E-state index contributed by atoms with van der Waals surface area (Å²) >= 11 is 0. The Morgan fingerprint density at radius 3 is 3.00 bits per heavy atom. The lowest BCUT2D eigenvalue weighted by Gasteiger charge is -2.04. The van der Waals surface area contributed by atoms with E-state index < -0.39 is 0 Å². The number of nitrogens with zero attached hydrogens (tertiary/aromatic N) is 5. The lowest BCUT2D eigenvalue weighted by molar-refractivity contribution is 1.08. The van der Waals surface area contributed by atoms with Crippen LogP contribution in [0, 0.1) is 6.92 Å². The van der Waals surface area contributed by atoms with E-state index in [2.05, 4.69) is 20.2 Å². The van der Waals surface area contributed by atoms with Gasteiger partial charge in [-0.25, -0.2) is 4.98 Å². The van der Waals surface area contributed by atoms with E-state index in [0.717, 1.165) is 16.8 Å². The molecular formula is C11H10N6. The first-order valence-corrected chi connectivity index (χ1v) is 5.13. The molecule has 0 unspecified atom stereocenters. The zero-order valence-electron chi connectivity index (χ0n) is 9.20. The summed E-state index contributed by atoms with van der Waals surface area (Å²) in [5.41, 5.74) is 9.27. The molecule has 3 aromatic heterocycles. The Labute approximate surface area is 97.2 Å². The van der Waals surface area contributed by atoms with Gasteiger partial charge >= 0.3 is 0 Å². The van der Waals surface area contributed by atoms with Crippen LogP contribution in [-0.2, 0) is 0 Å². The van der Waals surface area contributed by atoms with E-state index in [1.54, 1.807) is 23.1 Å². The molecule has 0 atom stereocenters. The van der Waals surface area contributed by atoms with Gasteiger partial charge in [-0.05, 0) is 24.6 Å². The van der Waals surface area contributed by atoms with Crippen molar-refractivity contribution in [2.24, 2.45) is 0 Å². The van der Waals surface area contributed by atoms with Crippen LogP contribution in [0.2, 0.25) is 0 Å². The zero-order valence-corrected chi connectivity index (χ0v) is 9.20. The summed E-state index contributed by atoms with van der Waals surface area (Å²) in [6, 6.07) is 3.89. The summed E-state index contributed by atoms with van der Waals surface area (Å²) in [6.07, 6.45) is 5.01. The Morgan fingerprint density at radius 2 is 2.18 bits per heavy atom. The molecule has 0 aliphatic carbocycles. The van der Waals surface area contributed by atoms with Gasteiger partial charge in [0.05, 0.1) is 0 Å². The third-order valence-corrected chi connectivity index (χ3v) is 2.57. The lowest BCUT2D eigenvalue weighted by atomic mass is 10.1. The molecule has 0 bridgehead atoms. The molecule has 3 rings (SSSR count). The minimum absolute atomic E-state index is 0.375. The molecule has 6 nitrogen and oxygen atoms in total. The molecule has 3 aromatic rings. The number of nitrogens with two attached hydrogens (primary N) is 1. The molecule has 6 heteroatoms. The fourth-order valence-electron chi connectivity index (χ4n) is 1.75. The summed E-state index contributed by atoms with van der Waals surface area (Å²) in [7, 11) is 0. The summed E-state index contributed by atoms with van der Waals surface area (Å²) in [6.45, 7) is 1.94. The molecule has 0 radical (unpaired) electrons. The van der Waals surface area contributed by atoms with Crippen molar-refractivity contribution < 1.29 is 0 Å². The standard InChI is InChI=1S/C11H10N6/c1-7-4-8(2-3-13-7)9-5-14-11(12)17-6-15-16-10(9)17/h2-6H,1H3,(H2,12,14). The summed E-state index contributed by atoms with van der Waals surface area (Å²) in [4.78, 5) is 8.29. The maximum absolute atomic E-state index is 5.74. The van der Waals surface area contributed by atoms with Gasteiger partial charge in [0.1, 0.15) is 6.33 Å². The normalized spacial score (nSPS) is 10.9. The highest BCUT2D eigenvalue weighted by Gasteiger charge is 2.09. The summed E-state index contributed by atoms with van der Waals surface area (Å²) in [5, 5.41) is 7.91. The molecular weight excluding hydrogens is 216 g/mol. The van der Waals surface area contributed by atoms with Gasteiger partial charge in [0.25, 0.3) is 0 Å². The average molecular weight is 226 g/mol. The van der Waals surface area contributed by atoms with Crippen LogP contribution in [0.15, 0.2) is 30.9 Å². The second-order valence-electron chi connectivity index (χ2n) is 3.74. The molecule has 0 saturated carbocycles. The maximum atomic E-state index is 5.74. The van der Waals surface area contributed by atoms with Gasteiger partial charge in [-0.15, -0.1) is 10.2 Å². The van der Waals surface area contributed by atoms with Crippen LogP contribution >= 0.6 is 0 Å². The minimum Gasteiger partial charge on any atom is -0.369 e. The number of fused-ring (bicyclic) bond motifs is 1. The van der Waals surface area contributed by atoms with E-state index in [1.165, 1.54) is 0 Å². The molecule has 84 valence electrons. The first-order valence-electron chi connectivity index (χ1n) is 5.13. The maximum Gasteiger partial charge on any atom is 0.207 e. The lowest BCUT2D eigenvalue weighted by Crippen LogP contribution is -2.00. The van der Waals surface area contributed by atoms with Crippen molar-refractivity contribution in [2.75, 3.05) is 5.73 Å². The smallest absolute Gasteiger partial charge is 0.207 e. The van der Waals surface area contributed by atoms with Gasteiger partial charge in [0.15, 0.2) is 5.65 Å². The van der Waals surface area contributed by atoms with Crippen LogP contribution in [0.1, 0.15) is 5.69 Å². The van der Waals surface area contributed by atoms with Crippen LogP contribution < -0.4 is 5.73 Å². The summed E-state index contributed by atoms with van der Waals surface area (Å²) < 4.78 is 1.66. The van der Waals surface area contributed by atoms with Crippen LogP contribution in [0.25, 0.3) is 16.8 Å². The molecule has 0 aliphatic heterocycles. The van der Waals surface area contributed by atoms with Crippen LogP contribution in [-0.4, -0.2) is 24.6 Å². The number of pyridine rings is 1. The second-order valence-corrected chi connectivity index (χ2v) is 3.74. The first kappa shape index (κ1) is 9.71. The van der Waals surface area contributed by atoms with Gasteiger partial charge < -0.3 is 5.73 Å². The van der Waals surface area contributed by atoms with Crippen molar-refractivity contribution in [1.82, 2.24) is 24.6 Å². The summed E-state index contributed by atoms with van der Waals surface area (Å²) in [5.74, 6) is 0.375. The molecule has 3 heterocycles. The van der Waals surface area contributed by atoms with Gasteiger partial charge in [-0.2, -0.15) is 0 Å². The number of aryl methyl sites for hydroxylation is 1. The van der Waals surface area contributed by atoms with E-state index in [9.17, 15) is 0 Å². The zero-order chi connectivity index (χ0) is 11.8. The SMILES string of the molecule is Cc1cc(-c2cnc(N)n3cnnc23)ccn1. The number of anilines is 1. The quantitative estimate of drug-likeness (QED) is 0.671. The monoisotopic (exact) mass is 226 g/mol. The fourth-order valence-corrected chi connectivity index (χ4v) is 1.75. The second kappa shape index (κ2) is 3.51. The van der Waals surface area contributed by atoms with E-state index in [1.807, 2.05) is 19.1 Å². The molecule has 2 N–H and O–H groups in total. The highest BCUT2D eigenvalue weighted by atomic mass is 15.3. The van der Waals surface area contributed by atoms with E-state index in [-0.39, 0.29) is 0 Å². The predicted octanol–water partition coefficient (Wildman–Crippen LogP) is 1.08. The Kier molecular flexibility index (Phi) is 2.01. The Bertz CT molecular complexity index is 687. The van der Waals surface area contributed by atoms with E-state index in [0.29, 0.717) is 11.6 Å². The van der Waals surface area contributed by atoms with Crippen molar-refractivity contribution in [3.8, 4) is 11.1 Å². The van der Waals surface area contributed by atoms with Gasteiger partial charge in [0, 0.05) is 23.7 Å². The Morgan fingerprint density at radius 1 is 1.29 bits per heavy atom. The van der Waals surface area contributed by atoms with Crippen molar-refractivity contribution in [3.63, 3.8) is 0 Å². The highest BCUT2D eigenvalue weighted by Crippen LogP contribution is 2.23.